The Bertz CT molecular complexity index is 1000. The van der Waals surface area contributed by atoms with E-state index in [1.165, 1.54) is 6.92 Å². The Hall–Kier alpha value is -2.70. The quantitative estimate of drug-likeness (QED) is 0.294. The van der Waals surface area contributed by atoms with Crippen molar-refractivity contribution in [1.82, 2.24) is 19.1 Å². The number of aromatic nitrogens is 4. The van der Waals surface area contributed by atoms with Crippen LogP contribution in [0.25, 0.3) is 0 Å². The molecule has 0 saturated carbocycles. The number of carbonyl (C=O) groups is 3. The van der Waals surface area contributed by atoms with Crippen molar-refractivity contribution in [3.63, 3.8) is 0 Å². The molecule has 2 aromatic rings. The molecule has 12 heteroatoms. The lowest BCUT2D eigenvalue weighted by Gasteiger charge is -2.34. The molecule has 0 spiro atoms. The molecule has 0 fully saturated rings. The van der Waals surface area contributed by atoms with Gasteiger partial charge in [0, 0.05) is 33.6 Å². The summed E-state index contributed by atoms with van der Waals surface area (Å²) in [4.78, 5) is 41.8. The monoisotopic (exact) mass is 496 g/mol. The van der Waals surface area contributed by atoms with E-state index >= 15 is 0 Å². The Balaban J connectivity index is 0.000000350. The van der Waals surface area contributed by atoms with Gasteiger partial charge in [-0.15, -0.1) is 0 Å². The highest BCUT2D eigenvalue weighted by Crippen LogP contribution is 2.24. The van der Waals surface area contributed by atoms with Gasteiger partial charge >= 0.3 is 0 Å². The Kier molecular flexibility index (Phi) is 10.0. The fraction of sp³-hybridized carbons (Fsp3) is 0.591. The van der Waals surface area contributed by atoms with Crippen molar-refractivity contribution in [3.05, 3.63) is 30.2 Å². The lowest BCUT2D eigenvalue weighted by molar-refractivity contribution is -0.889. The van der Waals surface area contributed by atoms with Gasteiger partial charge in [0.05, 0.1) is 84.7 Å². The van der Waals surface area contributed by atoms with Crippen LogP contribution in [0.2, 0.25) is 0 Å². The number of carboxylic acid groups (broad SMARTS) is 2. The van der Waals surface area contributed by atoms with Crippen molar-refractivity contribution in [2.45, 2.75) is 36.9 Å². The summed E-state index contributed by atoms with van der Waals surface area (Å²) in [5, 5.41) is 22.9. The molecule has 0 aliphatic carbocycles. The van der Waals surface area contributed by atoms with Crippen molar-refractivity contribution in [2.75, 3.05) is 42.3 Å². The summed E-state index contributed by atoms with van der Waals surface area (Å²) in [5.41, 5.74) is 1.39. The number of thioether (sulfide) groups is 1. The number of rotatable bonds is 9. The van der Waals surface area contributed by atoms with Crippen LogP contribution in [0.3, 0.4) is 0 Å². The zero-order valence-electron chi connectivity index (χ0n) is 21.4. The predicted molar refractivity (Wildman–Crippen MR) is 124 cm³/mol. The fourth-order valence-corrected chi connectivity index (χ4v) is 3.89. The van der Waals surface area contributed by atoms with Gasteiger partial charge in [-0.1, -0.05) is 0 Å². The standard InChI is InChI=1S/C12H19N3O3S.C10H17N3O2/c1-8(16)19-11-9(13-7-14(11)2)6-10(12(17)18)15(3,4)5;1-12-6-8(11-7-12)5-9(10(14)15)13(2,3)4/h7,10H,6H2,1-5H3;6-7,9H,5H2,1-4H3/t10-;9-/m00/s1. The van der Waals surface area contributed by atoms with Crippen LogP contribution in [-0.2, 0) is 41.3 Å². The molecule has 2 heterocycles. The van der Waals surface area contributed by atoms with Gasteiger partial charge in [-0.05, 0) is 11.8 Å². The van der Waals surface area contributed by atoms with Crippen LogP contribution in [0.4, 0.5) is 0 Å². The van der Waals surface area contributed by atoms with E-state index in [-0.39, 0.29) is 16.0 Å². The van der Waals surface area contributed by atoms with Crippen LogP contribution >= 0.6 is 11.8 Å². The van der Waals surface area contributed by atoms with E-state index in [1.54, 1.807) is 50.0 Å². The molecule has 0 bridgehead atoms. The summed E-state index contributed by atoms with van der Waals surface area (Å²) < 4.78 is 4.10. The number of hydrogen-bond acceptors (Lipinski definition) is 8. The minimum atomic E-state index is -1.11. The summed E-state index contributed by atoms with van der Waals surface area (Å²) in [6.07, 6.45) is 5.71. The molecular formula is C22H36N6O5S. The molecule has 0 radical (unpaired) electrons. The van der Waals surface area contributed by atoms with E-state index in [2.05, 4.69) is 9.97 Å². The Morgan fingerprint density at radius 2 is 1.41 bits per heavy atom. The first-order chi connectivity index (χ1) is 15.4. The van der Waals surface area contributed by atoms with Crippen molar-refractivity contribution in [3.8, 4) is 0 Å². The van der Waals surface area contributed by atoms with E-state index < -0.39 is 24.0 Å². The average Bonchev–Trinajstić information content (AvgIpc) is 3.21. The summed E-state index contributed by atoms with van der Waals surface area (Å²) in [5.74, 6) is -2.15. The second-order valence-corrected chi connectivity index (χ2v) is 11.2. The highest BCUT2D eigenvalue weighted by Gasteiger charge is 2.28. The van der Waals surface area contributed by atoms with Crippen LogP contribution in [0.1, 0.15) is 18.3 Å². The third kappa shape index (κ3) is 8.92. The Labute approximate surface area is 205 Å². The number of aryl methyl sites for hydroxylation is 2. The van der Waals surface area contributed by atoms with Crippen LogP contribution < -0.4 is 10.2 Å². The third-order valence-electron chi connectivity index (χ3n) is 5.16. The number of carboxylic acids is 2. The second-order valence-electron chi connectivity index (χ2n) is 10.0. The molecular weight excluding hydrogens is 460 g/mol. The first-order valence-corrected chi connectivity index (χ1v) is 11.4. The van der Waals surface area contributed by atoms with E-state index in [9.17, 15) is 24.6 Å². The van der Waals surface area contributed by atoms with Crippen molar-refractivity contribution in [2.24, 2.45) is 14.1 Å². The summed E-state index contributed by atoms with van der Waals surface area (Å²) in [6, 6.07) is -1.28. The lowest BCUT2D eigenvalue weighted by Crippen LogP contribution is -2.56. The van der Waals surface area contributed by atoms with Crippen LogP contribution in [0, 0.1) is 0 Å². The van der Waals surface area contributed by atoms with Crippen LogP contribution in [-0.4, -0.2) is 99.5 Å². The SMILES string of the molecule is CC(=O)Sc1c(C[C@@H](C(=O)[O-])[N+](C)(C)C)ncn1C.Cn1cnc(C[C@@H](C(=O)[O-])[N+](C)(C)C)c1. The molecule has 2 aromatic heterocycles. The van der Waals surface area contributed by atoms with Crippen molar-refractivity contribution < 1.29 is 33.6 Å². The number of carbonyl (C=O) groups excluding carboxylic acids is 3. The van der Waals surface area contributed by atoms with E-state index in [0.29, 0.717) is 21.6 Å². The molecule has 2 atom stereocenters. The molecule has 0 saturated heterocycles. The van der Waals surface area contributed by atoms with Gasteiger partial charge in [0.15, 0.2) is 5.12 Å². The zero-order chi connectivity index (χ0) is 26.4. The predicted octanol–water partition coefficient (Wildman–Crippen LogP) is -1.79. The highest BCUT2D eigenvalue weighted by molar-refractivity contribution is 8.13. The van der Waals surface area contributed by atoms with Gasteiger partial charge in [-0.2, -0.15) is 0 Å². The molecule has 0 amide bonds. The van der Waals surface area contributed by atoms with Gasteiger partial charge < -0.3 is 37.9 Å². The number of hydrogen-bond donors (Lipinski definition) is 0. The minimum Gasteiger partial charge on any atom is -0.544 e. The topological polar surface area (TPSA) is 133 Å². The van der Waals surface area contributed by atoms with Crippen LogP contribution in [0.15, 0.2) is 23.9 Å². The molecule has 0 N–H and O–H groups in total. The maximum absolute atomic E-state index is 11.3. The normalized spacial score (nSPS) is 13.6. The molecule has 190 valence electrons. The van der Waals surface area contributed by atoms with Gasteiger partial charge in [-0.3, -0.25) is 4.79 Å². The summed E-state index contributed by atoms with van der Waals surface area (Å²) in [6.45, 7) is 1.47. The molecule has 0 aliphatic heterocycles. The molecule has 0 aliphatic rings. The van der Waals surface area contributed by atoms with Crippen molar-refractivity contribution >= 4 is 28.8 Å². The Morgan fingerprint density at radius 3 is 1.79 bits per heavy atom. The van der Waals surface area contributed by atoms with Gasteiger partial charge in [-0.25, -0.2) is 9.97 Å². The summed E-state index contributed by atoms with van der Waals surface area (Å²) in [7, 11) is 14.5. The number of quaternary nitrogens is 2. The maximum Gasteiger partial charge on any atom is 0.192 e. The van der Waals surface area contributed by atoms with Gasteiger partial charge in [0.2, 0.25) is 0 Å². The van der Waals surface area contributed by atoms with Gasteiger partial charge in [0.25, 0.3) is 0 Å². The summed E-state index contributed by atoms with van der Waals surface area (Å²) >= 11 is 1.06. The highest BCUT2D eigenvalue weighted by atomic mass is 32.2. The zero-order valence-corrected chi connectivity index (χ0v) is 22.3. The van der Waals surface area contributed by atoms with E-state index in [4.69, 9.17) is 0 Å². The smallest absolute Gasteiger partial charge is 0.192 e. The number of nitrogens with zero attached hydrogens (tertiary/aromatic N) is 6. The lowest BCUT2D eigenvalue weighted by atomic mass is 10.1. The largest absolute Gasteiger partial charge is 0.544 e. The first kappa shape index (κ1) is 29.3. The maximum atomic E-state index is 11.3. The van der Waals surface area contributed by atoms with E-state index in [1.807, 2.05) is 34.4 Å². The molecule has 0 aromatic carbocycles. The second kappa shape index (κ2) is 11.6. The average molecular weight is 497 g/mol. The van der Waals surface area contributed by atoms with Gasteiger partial charge in [0.1, 0.15) is 17.1 Å². The Morgan fingerprint density at radius 1 is 0.912 bits per heavy atom. The third-order valence-corrected chi connectivity index (χ3v) is 6.16. The van der Waals surface area contributed by atoms with Crippen LogP contribution in [0.5, 0.6) is 0 Å². The fourth-order valence-electron chi connectivity index (χ4n) is 3.18. The van der Waals surface area contributed by atoms with E-state index in [0.717, 1.165) is 17.5 Å². The molecule has 0 unspecified atom stereocenters. The van der Waals surface area contributed by atoms with Crippen molar-refractivity contribution in [1.29, 1.82) is 0 Å². The molecule has 34 heavy (non-hydrogen) atoms. The number of likely N-dealkylation sites (N-methyl/N-ethyl adjacent to an activating group) is 2. The number of imidazole rings is 2. The minimum absolute atomic E-state index is 0.0555. The molecule has 2 rings (SSSR count). The molecule has 11 nitrogen and oxygen atoms in total. The number of aliphatic carboxylic acids is 2. The first-order valence-electron chi connectivity index (χ1n) is 10.6.